The Labute approximate surface area is 215 Å². The van der Waals surface area contributed by atoms with Gasteiger partial charge in [-0.2, -0.15) is 0 Å². The van der Waals surface area contributed by atoms with E-state index in [1.165, 1.54) is 6.26 Å². The van der Waals surface area contributed by atoms with Crippen LogP contribution in [-0.4, -0.2) is 57.5 Å². The summed E-state index contributed by atoms with van der Waals surface area (Å²) in [4.78, 5) is 29.0. The van der Waals surface area contributed by atoms with Gasteiger partial charge in [-0.1, -0.05) is 41.6 Å². The third-order valence-corrected chi connectivity index (χ3v) is 6.81. The molecule has 1 fully saturated rings. The molecule has 37 heavy (non-hydrogen) atoms. The molecule has 4 aromatic rings. The molecule has 2 atom stereocenters. The van der Waals surface area contributed by atoms with Crippen molar-refractivity contribution < 1.29 is 18.7 Å². The molecule has 1 saturated heterocycles. The predicted molar refractivity (Wildman–Crippen MR) is 138 cm³/mol. The molecule has 2 aromatic heterocycles. The van der Waals surface area contributed by atoms with E-state index in [9.17, 15) is 9.59 Å². The monoisotopic (exact) mass is 501 g/mol. The van der Waals surface area contributed by atoms with Crippen molar-refractivity contribution in [2.75, 3.05) is 19.7 Å². The summed E-state index contributed by atoms with van der Waals surface area (Å²) in [5.41, 5.74) is 3.71. The number of nitrogens with one attached hydrogen (secondary N) is 1. The van der Waals surface area contributed by atoms with Crippen molar-refractivity contribution in [3.05, 3.63) is 83.8 Å². The molecule has 1 N–H and O–H groups in total. The van der Waals surface area contributed by atoms with Gasteiger partial charge in [0, 0.05) is 19.7 Å². The van der Waals surface area contributed by atoms with Crippen LogP contribution < -0.4 is 5.32 Å². The number of hydrogen-bond acceptors (Lipinski definition) is 6. The number of ether oxygens (including phenoxy) is 1. The molecule has 0 saturated carbocycles. The summed E-state index contributed by atoms with van der Waals surface area (Å²) in [7, 11) is 0. The second kappa shape index (κ2) is 11.4. The Bertz CT molecular complexity index is 1340. The molecule has 0 aliphatic carbocycles. The van der Waals surface area contributed by atoms with Gasteiger partial charge in [-0.3, -0.25) is 9.59 Å². The van der Waals surface area contributed by atoms with Gasteiger partial charge in [0.2, 0.25) is 5.91 Å². The lowest BCUT2D eigenvalue weighted by Crippen LogP contribution is -2.47. The Morgan fingerprint density at radius 2 is 1.97 bits per heavy atom. The van der Waals surface area contributed by atoms with Crippen molar-refractivity contribution in [3.8, 4) is 0 Å². The van der Waals surface area contributed by atoms with Crippen molar-refractivity contribution in [1.29, 1.82) is 0 Å². The van der Waals surface area contributed by atoms with E-state index < -0.39 is 6.04 Å². The lowest BCUT2D eigenvalue weighted by molar-refractivity contribution is -0.142. The average Bonchev–Trinajstić information content (AvgIpc) is 3.69. The van der Waals surface area contributed by atoms with Gasteiger partial charge in [-0.15, -0.1) is 5.10 Å². The van der Waals surface area contributed by atoms with Crippen LogP contribution in [0.2, 0.25) is 0 Å². The van der Waals surface area contributed by atoms with Crippen molar-refractivity contribution in [2.24, 2.45) is 0 Å². The fourth-order valence-corrected chi connectivity index (χ4v) is 4.77. The third-order valence-electron chi connectivity index (χ3n) is 6.81. The molecule has 192 valence electrons. The summed E-state index contributed by atoms with van der Waals surface area (Å²) >= 11 is 0. The van der Waals surface area contributed by atoms with E-state index in [0.717, 1.165) is 29.5 Å². The maximum absolute atomic E-state index is 13.9. The zero-order valence-corrected chi connectivity index (χ0v) is 20.9. The summed E-state index contributed by atoms with van der Waals surface area (Å²) in [5, 5.41) is 11.3. The molecule has 0 spiro atoms. The van der Waals surface area contributed by atoms with Gasteiger partial charge >= 0.3 is 0 Å². The van der Waals surface area contributed by atoms with Crippen LogP contribution in [0.15, 0.2) is 71.3 Å². The van der Waals surface area contributed by atoms with Crippen LogP contribution in [0.25, 0.3) is 11.0 Å². The zero-order valence-electron chi connectivity index (χ0n) is 20.9. The predicted octanol–water partition coefficient (Wildman–Crippen LogP) is 3.44. The number of carbonyl (C=O) groups is 2. The number of aryl methyl sites for hydroxylation is 1. The van der Waals surface area contributed by atoms with E-state index in [1.807, 2.05) is 55.5 Å². The summed E-state index contributed by atoms with van der Waals surface area (Å²) < 4.78 is 12.9. The molecular formula is C28H31N5O4. The second-order valence-electron chi connectivity index (χ2n) is 9.30. The summed E-state index contributed by atoms with van der Waals surface area (Å²) in [6, 6.07) is 18.1. The average molecular weight is 502 g/mol. The number of rotatable bonds is 10. The first kappa shape index (κ1) is 24.7. The lowest BCUT2D eigenvalue weighted by Gasteiger charge is -2.30. The van der Waals surface area contributed by atoms with Gasteiger partial charge in [0.15, 0.2) is 6.04 Å². The highest BCUT2D eigenvalue weighted by molar-refractivity contribution is 5.88. The van der Waals surface area contributed by atoms with E-state index in [1.54, 1.807) is 21.7 Å². The van der Waals surface area contributed by atoms with Crippen molar-refractivity contribution in [2.45, 2.75) is 44.9 Å². The van der Waals surface area contributed by atoms with Crippen LogP contribution in [0, 0.1) is 6.92 Å². The van der Waals surface area contributed by atoms with Crippen molar-refractivity contribution >= 4 is 22.8 Å². The standard InChI is InChI=1S/C28H31N5O4/c1-20-8-2-3-9-21(20)14-15-32(26(34)19-33-24-12-5-4-11-23(24)30-31-33)27(25-13-7-17-37-25)28(35)29-18-22-10-6-16-36-22/h2-5,7-9,11-13,17,22,27H,6,10,14-16,18-19H2,1H3,(H,29,35)/t22-,27-/m1/s1. The molecule has 9 nitrogen and oxygen atoms in total. The summed E-state index contributed by atoms with van der Waals surface area (Å²) in [5.74, 6) is -0.142. The van der Waals surface area contributed by atoms with Gasteiger partial charge < -0.3 is 19.4 Å². The fourth-order valence-electron chi connectivity index (χ4n) is 4.77. The number of para-hydroxylation sites is 1. The first-order valence-corrected chi connectivity index (χ1v) is 12.6. The van der Waals surface area contributed by atoms with Gasteiger partial charge in [-0.05, 0) is 61.6 Å². The molecule has 5 rings (SSSR count). The molecule has 0 radical (unpaired) electrons. The van der Waals surface area contributed by atoms with E-state index in [2.05, 4.69) is 15.6 Å². The highest BCUT2D eigenvalue weighted by Gasteiger charge is 2.34. The number of aromatic nitrogens is 3. The van der Waals surface area contributed by atoms with Crippen LogP contribution in [0.1, 0.15) is 35.8 Å². The molecule has 2 amide bonds. The molecule has 9 heteroatoms. The van der Waals surface area contributed by atoms with Crippen LogP contribution >= 0.6 is 0 Å². The maximum atomic E-state index is 13.9. The SMILES string of the molecule is Cc1ccccc1CCN(C(=O)Cn1nnc2ccccc21)[C@@H](C(=O)NC[C@H]1CCCO1)c1ccco1. The largest absolute Gasteiger partial charge is 0.467 e. The summed E-state index contributed by atoms with van der Waals surface area (Å²) in [6.45, 7) is 3.42. The zero-order chi connectivity index (χ0) is 25.6. The number of amides is 2. The maximum Gasteiger partial charge on any atom is 0.250 e. The number of furan rings is 1. The Hall–Kier alpha value is -3.98. The molecule has 1 aliphatic heterocycles. The first-order valence-electron chi connectivity index (χ1n) is 12.6. The highest BCUT2D eigenvalue weighted by atomic mass is 16.5. The van der Waals surface area contributed by atoms with Crippen LogP contribution in [0.3, 0.4) is 0 Å². The minimum Gasteiger partial charge on any atom is -0.467 e. The van der Waals surface area contributed by atoms with Gasteiger partial charge in [-0.25, -0.2) is 4.68 Å². The quantitative estimate of drug-likeness (QED) is 0.357. The van der Waals surface area contributed by atoms with E-state index in [-0.39, 0.29) is 24.5 Å². The van der Waals surface area contributed by atoms with Crippen molar-refractivity contribution in [3.63, 3.8) is 0 Å². The van der Waals surface area contributed by atoms with Gasteiger partial charge in [0.25, 0.3) is 5.91 Å². The molecular weight excluding hydrogens is 470 g/mol. The number of fused-ring (bicyclic) bond motifs is 1. The molecule has 0 unspecified atom stereocenters. The van der Waals surface area contributed by atoms with Crippen molar-refractivity contribution in [1.82, 2.24) is 25.2 Å². The number of hydrogen-bond donors (Lipinski definition) is 1. The first-order chi connectivity index (χ1) is 18.1. The number of nitrogens with zero attached hydrogens (tertiary/aromatic N) is 4. The van der Waals surface area contributed by atoms with Crippen LogP contribution in [0.5, 0.6) is 0 Å². The van der Waals surface area contributed by atoms with E-state index >= 15 is 0 Å². The topological polar surface area (TPSA) is 102 Å². The van der Waals surface area contributed by atoms with Gasteiger partial charge in [0.1, 0.15) is 17.8 Å². The lowest BCUT2D eigenvalue weighted by atomic mass is 10.0. The molecule has 3 heterocycles. The molecule has 1 aliphatic rings. The Kier molecular flexibility index (Phi) is 7.60. The minimum atomic E-state index is -0.928. The fraction of sp³-hybridized carbons (Fsp3) is 0.357. The summed E-state index contributed by atoms with van der Waals surface area (Å²) in [6.07, 6.45) is 3.98. The number of carbonyl (C=O) groups excluding carboxylic acids is 2. The normalized spacial score (nSPS) is 16.1. The van der Waals surface area contributed by atoms with E-state index in [4.69, 9.17) is 9.15 Å². The Morgan fingerprint density at radius 3 is 2.76 bits per heavy atom. The Balaban J connectivity index is 1.43. The van der Waals surface area contributed by atoms with E-state index in [0.29, 0.717) is 37.4 Å². The number of benzene rings is 2. The van der Waals surface area contributed by atoms with Crippen LogP contribution in [0.4, 0.5) is 0 Å². The minimum absolute atomic E-state index is 0.0150. The second-order valence-corrected chi connectivity index (χ2v) is 9.30. The highest BCUT2D eigenvalue weighted by Crippen LogP contribution is 2.24. The Morgan fingerprint density at radius 1 is 1.14 bits per heavy atom. The smallest absolute Gasteiger partial charge is 0.250 e. The third kappa shape index (κ3) is 5.72. The molecule has 2 aromatic carbocycles. The molecule has 0 bridgehead atoms. The van der Waals surface area contributed by atoms with Gasteiger partial charge in [0.05, 0.1) is 17.9 Å². The van der Waals surface area contributed by atoms with Crippen LogP contribution in [-0.2, 0) is 27.3 Å².